The molecule has 35 heavy (non-hydrogen) atoms. The highest BCUT2D eigenvalue weighted by Crippen LogP contribution is 2.37. The Hall–Kier alpha value is -3.06. The number of aromatic nitrogens is 1. The number of aliphatic hydroxyl groups is 2. The SMILES string of the molecule is CCC(CO)N=C1CC(c2ccccc2)CC(=O)C1=C(O)CCc1noc2c1C(=O)CC(C)(C)C2. The summed E-state index contributed by atoms with van der Waals surface area (Å²) in [6, 6.07) is 9.50. The van der Waals surface area contributed by atoms with Crippen LogP contribution in [0.2, 0.25) is 0 Å². The zero-order valence-corrected chi connectivity index (χ0v) is 20.7. The molecule has 1 saturated carbocycles. The zero-order valence-electron chi connectivity index (χ0n) is 20.7. The first kappa shape index (κ1) is 25.0. The maximum absolute atomic E-state index is 13.3. The minimum atomic E-state index is -0.335. The molecule has 1 aromatic carbocycles. The van der Waals surface area contributed by atoms with Crippen molar-refractivity contribution in [2.45, 2.75) is 77.7 Å². The molecule has 2 atom stereocenters. The standard InChI is InChI=1S/C28H34N2O5/c1-4-19(16-31)29-21-12-18(17-8-6-5-7-9-17)13-23(33)26(21)22(32)11-10-20-27-24(34)14-28(2,3)15-25(27)35-30-20/h5-9,18-19,31-32H,4,10-16H2,1-3H3. The summed E-state index contributed by atoms with van der Waals surface area (Å²) in [4.78, 5) is 30.7. The smallest absolute Gasteiger partial charge is 0.168 e. The van der Waals surface area contributed by atoms with E-state index in [1.165, 1.54) is 0 Å². The topological polar surface area (TPSA) is 113 Å². The van der Waals surface area contributed by atoms with Gasteiger partial charge in [-0.1, -0.05) is 56.3 Å². The molecule has 4 rings (SSSR count). The van der Waals surface area contributed by atoms with Crippen molar-refractivity contribution >= 4 is 17.3 Å². The third kappa shape index (κ3) is 5.45. The summed E-state index contributed by atoms with van der Waals surface area (Å²) in [6.07, 6.45) is 2.94. The number of benzene rings is 1. The van der Waals surface area contributed by atoms with E-state index in [1.807, 2.05) is 51.1 Å². The Kier molecular flexibility index (Phi) is 7.36. The van der Waals surface area contributed by atoms with Crippen LogP contribution in [-0.2, 0) is 17.6 Å². The van der Waals surface area contributed by atoms with Gasteiger partial charge < -0.3 is 14.7 Å². The first-order chi connectivity index (χ1) is 16.7. The maximum Gasteiger partial charge on any atom is 0.168 e. The molecule has 0 saturated heterocycles. The average molecular weight is 479 g/mol. The van der Waals surface area contributed by atoms with Crippen molar-refractivity contribution in [3.05, 3.63) is 64.2 Å². The van der Waals surface area contributed by atoms with Crippen LogP contribution in [0.1, 0.15) is 86.2 Å². The lowest BCUT2D eigenvalue weighted by Gasteiger charge is -2.27. The van der Waals surface area contributed by atoms with Crippen LogP contribution >= 0.6 is 0 Å². The normalized spacial score (nSPS) is 23.3. The predicted molar refractivity (Wildman–Crippen MR) is 133 cm³/mol. The lowest BCUT2D eigenvalue weighted by molar-refractivity contribution is -0.116. The fraction of sp³-hybridized carbons (Fsp3) is 0.500. The fourth-order valence-electron chi connectivity index (χ4n) is 5.13. The number of hydrogen-bond donors (Lipinski definition) is 2. The molecule has 0 bridgehead atoms. The Bertz CT molecular complexity index is 1160. The van der Waals surface area contributed by atoms with E-state index in [2.05, 4.69) is 10.1 Å². The highest BCUT2D eigenvalue weighted by molar-refractivity contribution is 6.24. The van der Waals surface area contributed by atoms with Gasteiger partial charge in [0, 0.05) is 32.1 Å². The second-order valence-electron chi connectivity index (χ2n) is 10.4. The van der Waals surface area contributed by atoms with Crippen LogP contribution in [0.25, 0.3) is 0 Å². The van der Waals surface area contributed by atoms with Crippen molar-refractivity contribution in [3.63, 3.8) is 0 Å². The molecule has 7 heteroatoms. The number of carbonyl (C=O) groups excluding carboxylic acids is 2. The molecule has 186 valence electrons. The summed E-state index contributed by atoms with van der Waals surface area (Å²) in [6.45, 7) is 5.86. The number of aryl methyl sites for hydroxylation is 1. The van der Waals surface area contributed by atoms with Gasteiger partial charge in [-0.05, 0) is 29.7 Å². The van der Waals surface area contributed by atoms with Gasteiger partial charge in [0.2, 0.25) is 0 Å². The minimum Gasteiger partial charge on any atom is -0.511 e. The molecule has 0 spiro atoms. The number of nitrogens with zero attached hydrogens (tertiary/aromatic N) is 2. The Labute approximate surface area is 205 Å². The highest BCUT2D eigenvalue weighted by Gasteiger charge is 2.37. The van der Waals surface area contributed by atoms with E-state index in [4.69, 9.17) is 4.52 Å². The number of aliphatic hydroxyl groups excluding tert-OH is 2. The van der Waals surface area contributed by atoms with Crippen LogP contribution in [0, 0.1) is 5.41 Å². The maximum atomic E-state index is 13.3. The predicted octanol–water partition coefficient (Wildman–Crippen LogP) is 4.93. The molecule has 1 fully saturated rings. The molecular formula is C28H34N2O5. The van der Waals surface area contributed by atoms with Crippen LogP contribution < -0.4 is 0 Å². The quantitative estimate of drug-likeness (QED) is 0.431. The zero-order chi connectivity index (χ0) is 25.2. The van der Waals surface area contributed by atoms with E-state index in [1.54, 1.807) is 0 Å². The van der Waals surface area contributed by atoms with E-state index in [-0.39, 0.29) is 59.7 Å². The number of aliphatic imine (C=N–C) groups is 1. The molecule has 1 aromatic heterocycles. The Morgan fingerprint density at radius 3 is 2.60 bits per heavy atom. The van der Waals surface area contributed by atoms with Gasteiger partial charge >= 0.3 is 0 Å². The van der Waals surface area contributed by atoms with E-state index in [0.29, 0.717) is 54.8 Å². The molecule has 2 N–H and O–H groups in total. The summed E-state index contributed by atoms with van der Waals surface area (Å²) in [5, 5.41) is 24.9. The van der Waals surface area contributed by atoms with Gasteiger partial charge in [-0.25, -0.2) is 0 Å². The Balaban J connectivity index is 1.60. The first-order valence-corrected chi connectivity index (χ1v) is 12.4. The molecule has 0 amide bonds. The minimum absolute atomic E-state index is 0.00933. The van der Waals surface area contributed by atoms with E-state index in [9.17, 15) is 19.8 Å². The first-order valence-electron chi connectivity index (χ1n) is 12.4. The number of ketones is 2. The van der Waals surface area contributed by atoms with Crippen LogP contribution in [0.5, 0.6) is 0 Å². The van der Waals surface area contributed by atoms with Crippen molar-refractivity contribution in [2.75, 3.05) is 6.61 Å². The molecule has 0 radical (unpaired) electrons. The second-order valence-corrected chi connectivity index (χ2v) is 10.4. The van der Waals surface area contributed by atoms with Gasteiger partial charge in [-0.2, -0.15) is 0 Å². The Morgan fingerprint density at radius 2 is 1.91 bits per heavy atom. The largest absolute Gasteiger partial charge is 0.511 e. The number of rotatable bonds is 7. The fourth-order valence-corrected chi connectivity index (χ4v) is 5.13. The van der Waals surface area contributed by atoms with Gasteiger partial charge in [0.05, 0.1) is 35.2 Å². The summed E-state index contributed by atoms with van der Waals surface area (Å²) in [7, 11) is 0. The van der Waals surface area contributed by atoms with E-state index >= 15 is 0 Å². The second kappa shape index (κ2) is 10.3. The summed E-state index contributed by atoms with van der Waals surface area (Å²) < 4.78 is 5.47. The van der Waals surface area contributed by atoms with Crippen molar-refractivity contribution in [2.24, 2.45) is 10.4 Å². The van der Waals surface area contributed by atoms with E-state index in [0.717, 1.165) is 5.56 Å². The Morgan fingerprint density at radius 1 is 1.17 bits per heavy atom. The van der Waals surface area contributed by atoms with Gasteiger partial charge in [-0.15, -0.1) is 0 Å². The van der Waals surface area contributed by atoms with Crippen molar-refractivity contribution in [3.8, 4) is 0 Å². The van der Waals surface area contributed by atoms with Crippen LogP contribution in [-0.4, -0.2) is 45.3 Å². The third-order valence-electron chi connectivity index (χ3n) is 7.01. The summed E-state index contributed by atoms with van der Waals surface area (Å²) in [5.41, 5.74) is 2.73. The number of hydrogen-bond acceptors (Lipinski definition) is 7. The van der Waals surface area contributed by atoms with Crippen molar-refractivity contribution in [1.29, 1.82) is 0 Å². The molecular weight excluding hydrogens is 444 g/mol. The molecule has 1 heterocycles. The molecule has 2 aliphatic carbocycles. The van der Waals surface area contributed by atoms with Gasteiger partial charge in [0.1, 0.15) is 11.5 Å². The lowest BCUT2D eigenvalue weighted by atomic mass is 9.76. The van der Waals surface area contributed by atoms with Crippen molar-refractivity contribution < 1.29 is 24.3 Å². The molecule has 2 aliphatic rings. The third-order valence-corrected chi connectivity index (χ3v) is 7.01. The number of fused-ring (bicyclic) bond motifs is 1. The molecule has 2 unspecified atom stereocenters. The van der Waals surface area contributed by atoms with Crippen LogP contribution in [0.3, 0.4) is 0 Å². The van der Waals surface area contributed by atoms with Gasteiger partial charge in [0.25, 0.3) is 0 Å². The average Bonchev–Trinajstić information content (AvgIpc) is 3.23. The summed E-state index contributed by atoms with van der Waals surface area (Å²) >= 11 is 0. The van der Waals surface area contributed by atoms with Crippen LogP contribution in [0.15, 0.2) is 51.2 Å². The highest BCUT2D eigenvalue weighted by atomic mass is 16.5. The lowest BCUT2D eigenvalue weighted by Crippen LogP contribution is -2.28. The number of Topliss-reactive ketones (excluding diaryl/α,β-unsaturated/α-hetero) is 2. The number of carbonyl (C=O) groups is 2. The van der Waals surface area contributed by atoms with Gasteiger partial charge in [-0.3, -0.25) is 14.6 Å². The van der Waals surface area contributed by atoms with E-state index < -0.39 is 0 Å². The van der Waals surface area contributed by atoms with Crippen molar-refractivity contribution in [1.82, 2.24) is 5.16 Å². The van der Waals surface area contributed by atoms with Crippen LogP contribution in [0.4, 0.5) is 0 Å². The molecule has 0 aliphatic heterocycles. The monoisotopic (exact) mass is 478 g/mol. The molecule has 7 nitrogen and oxygen atoms in total. The van der Waals surface area contributed by atoms with Gasteiger partial charge in [0.15, 0.2) is 11.6 Å². The summed E-state index contributed by atoms with van der Waals surface area (Å²) in [5.74, 6) is 0.375. The number of allylic oxidation sites excluding steroid dienone is 2. The molecule has 2 aromatic rings.